The van der Waals surface area contributed by atoms with Crippen LogP contribution in [0.2, 0.25) is 0 Å². The van der Waals surface area contributed by atoms with Gasteiger partial charge in [-0.2, -0.15) is 0 Å². The minimum atomic E-state index is -3.43. The summed E-state index contributed by atoms with van der Waals surface area (Å²) in [4.78, 5) is 12.4. The second kappa shape index (κ2) is 9.45. The van der Waals surface area contributed by atoms with Crippen molar-refractivity contribution in [2.24, 2.45) is 0 Å². The Hall–Kier alpha value is -3.32. The molecule has 0 saturated heterocycles. The van der Waals surface area contributed by atoms with Crippen LogP contribution in [-0.2, 0) is 10.0 Å². The highest BCUT2D eigenvalue weighted by Gasteiger charge is 2.16. The molecule has 1 N–H and O–H groups in total. The van der Waals surface area contributed by atoms with Gasteiger partial charge in [-0.05, 0) is 35.7 Å². The second-order valence-electron chi connectivity index (χ2n) is 6.71. The van der Waals surface area contributed by atoms with Gasteiger partial charge in [0.15, 0.2) is 0 Å². The van der Waals surface area contributed by atoms with E-state index in [1.54, 1.807) is 24.3 Å². The van der Waals surface area contributed by atoms with E-state index in [1.165, 1.54) is 10.4 Å². The third-order valence-corrected chi connectivity index (χ3v) is 5.67. The topological polar surface area (TPSA) is 75.7 Å². The smallest absolute Gasteiger partial charge is 0.251 e. The zero-order valence-corrected chi connectivity index (χ0v) is 17.6. The Bertz CT molecular complexity index is 1140. The van der Waals surface area contributed by atoms with Gasteiger partial charge in [0.1, 0.15) is 12.4 Å². The lowest BCUT2D eigenvalue weighted by Gasteiger charge is -2.20. The molecular formula is C23H24N2O4S. The van der Waals surface area contributed by atoms with Crippen molar-refractivity contribution in [3.63, 3.8) is 0 Å². The highest BCUT2D eigenvalue weighted by atomic mass is 32.2. The molecule has 30 heavy (non-hydrogen) atoms. The predicted octanol–water partition coefficient (Wildman–Crippen LogP) is 3.60. The van der Waals surface area contributed by atoms with Crippen molar-refractivity contribution in [3.8, 4) is 5.75 Å². The molecular weight excluding hydrogens is 400 g/mol. The molecule has 3 aromatic rings. The second-order valence-corrected chi connectivity index (χ2v) is 8.62. The summed E-state index contributed by atoms with van der Waals surface area (Å²) < 4.78 is 30.8. The molecule has 0 heterocycles. The molecule has 0 aliphatic heterocycles. The molecule has 7 heteroatoms. The van der Waals surface area contributed by atoms with E-state index in [4.69, 9.17) is 4.74 Å². The first-order valence-electron chi connectivity index (χ1n) is 9.47. The average molecular weight is 425 g/mol. The van der Waals surface area contributed by atoms with Gasteiger partial charge in [0, 0.05) is 10.9 Å². The van der Waals surface area contributed by atoms with Crippen LogP contribution in [0, 0.1) is 0 Å². The molecule has 0 unspecified atom stereocenters. The zero-order chi connectivity index (χ0) is 21.6. The molecule has 0 aliphatic rings. The maximum Gasteiger partial charge on any atom is 0.251 e. The maximum absolute atomic E-state index is 12.4. The minimum Gasteiger partial charge on any atom is -0.491 e. The molecule has 0 fully saturated rings. The summed E-state index contributed by atoms with van der Waals surface area (Å²) in [7, 11) is -3.43. The Labute approximate surface area is 176 Å². The number of benzene rings is 3. The van der Waals surface area contributed by atoms with E-state index >= 15 is 0 Å². The minimum absolute atomic E-state index is 0.163. The van der Waals surface area contributed by atoms with Gasteiger partial charge < -0.3 is 10.1 Å². The van der Waals surface area contributed by atoms with Crippen molar-refractivity contribution < 1.29 is 17.9 Å². The van der Waals surface area contributed by atoms with E-state index in [0.717, 1.165) is 22.8 Å². The Balaban J connectivity index is 1.57. The third-order valence-electron chi connectivity index (χ3n) is 4.51. The SMILES string of the molecule is C=CCN(c1ccc(C(=O)NCCOc2cccc3ccccc23)cc1)S(C)(=O)=O. The molecule has 0 radical (unpaired) electrons. The monoisotopic (exact) mass is 424 g/mol. The van der Waals surface area contributed by atoms with E-state index < -0.39 is 10.0 Å². The fraction of sp³-hybridized carbons (Fsp3) is 0.174. The Morgan fingerprint density at radius 2 is 1.77 bits per heavy atom. The zero-order valence-electron chi connectivity index (χ0n) is 16.7. The lowest BCUT2D eigenvalue weighted by Crippen LogP contribution is -2.30. The van der Waals surface area contributed by atoms with Gasteiger partial charge >= 0.3 is 0 Å². The summed E-state index contributed by atoms with van der Waals surface area (Å²) in [5, 5.41) is 4.93. The van der Waals surface area contributed by atoms with Crippen molar-refractivity contribution in [1.82, 2.24) is 5.32 Å². The van der Waals surface area contributed by atoms with E-state index in [2.05, 4.69) is 11.9 Å². The van der Waals surface area contributed by atoms with Crippen LogP contribution in [0.25, 0.3) is 10.8 Å². The van der Waals surface area contributed by atoms with Crippen LogP contribution in [0.15, 0.2) is 79.4 Å². The highest BCUT2D eigenvalue weighted by Crippen LogP contribution is 2.25. The highest BCUT2D eigenvalue weighted by molar-refractivity contribution is 7.92. The van der Waals surface area contributed by atoms with Gasteiger partial charge in [0.05, 0.1) is 25.0 Å². The van der Waals surface area contributed by atoms with Gasteiger partial charge in [-0.1, -0.05) is 42.5 Å². The molecule has 3 aromatic carbocycles. The van der Waals surface area contributed by atoms with Crippen LogP contribution in [0.3, 0.4) is 0 Å². The van der Waals surface area contributed by atoms with Crippen LogP contribution < -0.4 is 14.4 Å². The number of nitrogens with zero attached hydrogens (tertiary/aromatic N) is 1. The van der Waals surface area contributed by atoms with Crippen molar-refractivity contribution in [3.05, 3.63) is 84.9 Å². The van der Waals surface area contributed by atoms with Gasteiger partial charge in [-0.15, -0.1) is 6.58 Å². The number of amides is 1. The first kappa shape index (κ1) is 21.4. The number of anilines is 1. The number of hydrogen-bond acceptors (Lipinski definition) is 4. The number of fused-ring (bicyclic) bond motifs is 1. The lowest BCUT2D eigenvalue weighted by atomic mass is 10.1. The van der Waals surface area contributed by atoms with Crippen molar-refractivity contribution in [1.29, 1.82) is 0 Å². The standard InChI is InChI=1S/C23H24N2O4S/c1-3-16-25(30(2,27)28)20-13-11-19(12-14-20)23(26)24-15-17-29-22-10-6-8-18-7-4-5-9-21(18)22/h3-14H,1,15-17H2,2H3,(H,24,26). The van der Waals surface area contributed by atoms with E-state index in [9.17, 15) is 13.2 Å². The number of hydrogen-bond donors (Lipinski definition) is 1. The Morgan fingerprint density at radius 1 is 1.07 bits per heavy atom. The number of sulfonamides is 1. The summed E-state index contributed by atoms with van der Waals surface area (Å²) >= 11 is 0. The van der Waals surface area contributed by atoms with Gasteiger partial charge in [-0.3, -0.25) is 9.10 Å². The summed E-state index contributed by atoms with van der Waals surface area (Å²) in [5.74, 6) is 0.521. The van der Waals surface area contributed by atoms with Crippen molar-refractivity contribution in [2.45, 2.75) is 0 Å². The normalized spacial score (nSPS) is 11.1. The number of ether oxygens (including phenoxy) is 1. The molecule has 0 spiro atoms. The average Bonchev–Trinajstić information content (AvgIpc) is 2.74. The first-order valence-corrected chi connectivity index (χ1v) is 11.3. The molecule has 0 saturated carbocycles. The molecule has 156 valence electrons. The molecule has 6 nitrogen and oxygen atoms in total. The van der Waals surface area contributed by atoms with E-state index in [1.807, 2.05) is 42.5 Å². The number of carbonyl (C=O) groups is 1. The quantitative estimate of drug-likeness (QED) is 0.421. The van der Waals surface area contributed by atoms with Crippen LogP contribution in [0.1, 0.15) is 10.4 Å². The molecule has 1 amide bonds. The van der Waals surface area contributed by atoms with E-state index in [-0.39, 0.29) is 12.5 Å². The fourth-order valence-corrected chi connectivity index (χ4v) is 3.96. The molecule has 0 bridgehead atoms. The molecule has 0 atom stereocenters. The Kier molecular flexibility index (Phi) is 6.74. The fourth-order valence-electron chi connectivity index (χ4n) is 3.08. The van der Waals surface area contributed by atoms with Crippen LogP contribution in [0.5, 0.6) is 5.75 Å². The number of rotatable bonds is 9. The largest absolute Gasteiger partial charge is 0.491 e. The van der Waals surface area contributed by atoms with Gasteiger partial charge in [-0.25, -0.2) is 8.42 Å². The summed E-state index contributed by atoms with van der Waals surface area (Å²) in [6, 6.07) is 20.2. The summed E-state index contributed by atoms with van der Waals surface area (Å²) in [5.41, 5.74) is 0.921. The van der Waals surface area contributed by atoms with Crippen LogP contribution in [-0.4, -0.2) is 40.3 Å². The lowest BCUT2D eigenvalue weighted by molar-refractivity contribution is 0.0947. The van der Waals surface area contributed by atoms with Gasteiger partial charge in [0.25, 0.3) is 5.91 Å². The third kappa shape index (κ3) is 5.18. The number of nitrogens with one attached hydrogen (secondary N) is 1. The maximum atomic E-state index is 12.4. The molecule has 3 rings (SSSR count). The number of carbonyl (C=O) groups excluding carboxylic acids is 1. The summed E-state index contributed by atoms with van der Waals surface area (Å²) in [6.07, 6.45) is 2.64. The van der Waals surface area contributed by atoms with Crippen molar-refractivity contribution in [2.75, 3.05) is 30.3 Å². The summed E-state index contributed by atoms with van der Waals surface area (Å²) in [6.45, 7) is 4.42. The van der Waals surface area contributed by atoms with Crippen molar-refractivity contribution >= 4 is 32.4 Å². The molecule has 0 aliphatic carbocycles. The van der Waals surface area contributed by atoms with Crippen LogP contribution >= 0.6 is 0 Å². The molecule has 0 aromatic heterocycles. The van der Waals surface area contributed by atoms with Crippen LogP contribution in [0.4, 0.5) is 5.69 Å². The van der Waals surface area contributed by atoms with E-state index in [0.29, 0.717) is 24.4 Å². The van der Waals surface area contributed by atoms with Gasteiger partial charge in [0.2, 0.25) is 10.0 Å². The first-order chi connectivity index (χ1) is 14.4. The predicted molar refractivity (Wildman–Crippen MR) is 121 cm³/mol. The Morgan fingerprint density at radius 3 is 2.47 bits per heavy atom.